The van der Waals surface area contributed by atoms with Crippen molar-refractivity contribution in [2.45, 2.75) is 19.9 Å². The van der Waals surface area contributed by atoms with E-state index in [4.69, 9.17) is 0 Å². The van der Waals surface area contributed by atoms with E-state index < -0.39 is 0 Å². The molecule has 4 heterocycles. The molecule has 0 aliphatic heterocycles. The molecule has 0 spiro atoms. The van der Waals surface area contributed by atoms with Gasteiger partial charge >= 0.3 is 6.03 Å². The quantitative estimate of drug-likeness (QED) is 0.583. The lowest BCUT2D eigenvalue weighted by molar-refractivity contribution is 0.238. The molecule has 0 bridgehead atoms. The predicted octanol–water partition coefficient (Wildman–Crippen LogP) is 2.09. The average molecular weight is 342 g/mol. The normalized spacial score (nSPS) is 11.6. The number of amides is 1. The van der Waals surface area contributed by atoms with Crippen LogP contribution in [0.3, 0.4) is 0 Å². The summed E-state index contributed by atoms with van der Waals surface area (Å²) in [6.45, 7) is 3.74. The molecule has 0 aliphatic rings. The summed E-state index contributed by atoms with van der Waals surface area (Å²) in [5.74, 6) is 0. The third kappa shape index (κ3) is 2.13. The van der Waals surface area contributed by atoms with Crippen LogP contribution in [0.25, 0.3) is 27.6 Å². The number of hydrogen-bond acceptors (Lipinski definition) is 5. The van der Waals surface area contributed by atoms with Gasteiger partial charge in [-0.05, 0) is 25.3 Å². The van der Waals surface area contributed by atoms with Crippen molar-refractivity contribution >= 4 is 39.3 Å². The topological polar surface area (TPSA) is 97.6 Å². The van der Waals surface area contributed by atoms with Gasteiger partial charge < -0.3 is 5.32 Å². The summed E-state index contributed by atoms with van der Waals surface area (Å²) in [5, 5.41) is 14.8. The number of pyridine rings is 1. The highest BCUT2D eigenvalue weighted by Crippen LogP contribution is 2.21. The van der Waals surface area contributed by atoms with Gasteiger partial charge in [-0.1, -0.05) is 0 Å². The molecule has 1 amide bonds. The first-order chi connectivity index (χ1) is 11.6. The predicted molar refractivity (Wildman–Crippen MR) is 91.9 cm³/mol. The standard InChI is InChI=1S/C15H14N6O2S/c1-8(2)18-15(23)21-13-10(6-17-21)12-11(5-16-13)14(22)20(19-12)9-3-4-24-7-9/h3-8,19H,1-2H3,(H,18,23). The Bertz CT molecular complexity index is 1100. The number of rotatable bonds is 2. The van der Waals surface area contributed by atoms with Crippen LogP contribution in [-0.4, -0.2) is 36.6 Å². The molecule has 0 saturated heterocycles. The van der Waals surface area contributed by atoms with E-state index in [0.29, 0.717) is 21.9 Å². The van der Waals surface area contributed by atoms with Crippen molar-refractivity contribution in [1.29, 1.82) is 0 Å². The SMILES string of the molecule is CC(C)NC(=O)n1ncc2c3[nH]n(-c4ccsc4)c(=O)c3cnc21. The Morgan fingerprint density at radius 3 is 2.88 bits per heavy atom. The zero-order valence-electron chi connectivity index (χ0n) is 13.0. The summed E-state index contributed by atoms with van der Waals surface area (Å²) in [4.78, 5) is 29.0. The van der Waals surface area contributed by atoms with E-state index in [9.17, 15) is 9.59 Å². The maximum Gasteiger partial charge on any atom is 0.344 e. The molecule has 0 saturated carbocycles. The molecule has 4 aromatic heterocycles. The highest BCUT2D eigenvalue weighted by Gasteiger charge is 2.18. The second-order valence-electron chi connectivity index (χ2n) is 5.68. The fourth-order valence-corrected chi connectivity index (χ4v) is 3.19. The van der Waals surface area contributed by atoms with E-state index in [1.165, 1.54) is 26.9 Å². The lowest BCUT2D eigenvalue weighted by atomic mass is 10.2. The first-order valence-corrected chi connectivity index (χ1v) is 8.31. The van der Waals surface area contributed by atoms with E-state index >= 15 is 0 Å². The molecule has 0 atom stereocenters. The minimum Gasteiger partial charge on any atom is -0.334 e. The van der Waals surface area contributed by atoms with Gasteiger partial charge in [0.2, 0.25) is 0 Å². The second kappa shape index (κ2) is 5.31. The Morgan fingerprint density at radius 2 is 2.17 bits per heavy atom. The van der Waals surface area contributed by atoms with Gasteiger partial charge in [0.15, 0.2) is 5.65 Å². The number of carbonyl (C=O) groups excluding carboxylic acids is 1. The summed E-state index contributed by atoms with van der Waals surface area (Å²) in [7, 11) is 0. The van der Waals surface area contributed by atoms with Crippen LogP contribution in [0, 0.1) is 0 Å². The van der Waals surface area contributed by atoms with Crippen LogP contribution in [-0.2, 0) is 0 Å². The monoisotopic (exact) mass is 342 g/mol. The molecule has 122 valence electrons. The molecular weight excluding hydrogens is 328 g/mol. The molecule has 0 fully saturated rings. The van der Waals surface area contributed by atoms with Gasteiger partial charge in [-0.2, -0.15) is 21.1 Å². The van der Waals surface area contributed by atoms with Gasteiger partial charge in [0.1, 0.15) is 0 Å². The third-order valence-corrected chi connectivity index (χ3v) is 4.30. The first-order valence-electron chi connectivity index (χ1n) is 7.37. The molecule has 0 aromatic carbocycles. The molecule has 0 aliphatic carbocycles. The lowest BCUT2D eigenvalue weighted by Crippen LogP contribution is -2.34. The van der Waals surface area contributed by atoms with Crippen molar-refractivity contribution in [1.82, 2.24) is 29.9 Å². The first kappa shape index (κ1) is 14.6. The highest BCUT2D eigenvalue weighted by molar-refractivity contribution is 7.08. The fraction of sp³-hybridized carbons (Fsp3) is 0.200. The van der Waals surface area contributed by atoms with E-state index in [-0.39, 0.29) is 17.6 Å². The van der Waals surface area contributed by atoms with Gasteiger partial charge in [-0.3, -0.25) is 9.89 Å². The second-order valence-corrected chi connectivity index (χ2v) is 6.46. The summed E-state index contributed by atoms with van der Waals surface area (Å²) in [5.41, 5.74) is 1.59. The Balaban J connectivity index is 1.93. The van der Waals surface area contributed by atoms with Crippen LogP contribution in [0.4, 0.5) is 4.79 Å². The van der Waals surface area contributed by atoms with E-state index in [0.717, 1.165) is 5.69 Å². The smallest absolute Gasteiger partial charge is 0.334 e. The van der Waals surface area contributed by atoms with Crippen LogP contribution in [0.5, 0.6) is 0 Å². The van der Waals surface area contributed by atoms with Crippen LogP contribution in [0.1, 0.15) is 13.8 Å². The van der Waals surface area contributed by atoms with Gasteiger partial charge in [0.25, 0.3) is 5.56 Å². The van der Waals surface area contributed by atoms with Crippen molar-refractivity contribution in [2.75, 3.05) is 0 Å². The van der Waals surface area contributed by atoms with Crippen LogP contribution in [0.15, 0.2) is 34.0 Å². The van der Waals surface area contributed by atoms with Gasteiger partial charge in [0.05, 0.1) is 28.2 Å². The lowest BCUT2D eigenvalue weighted by Gasteiger charge is -2.07. The highest BCUT2D eigenvalue weighted by atomic mass is 32.1. The van der Waals surface area contributed by atoms with E-state index in [2.05, 4.69) is 20.5 Å². The Morgan fingerprint density at radius 1 is 1.33 bits per heavy atom. The largest absolute Gasteiger partial charge is 0.344 e. The molecule has 9 heteroatoms. The zero-order valence-corrected chi connectivity index (χ0v) is 13.8. The van der Waals surface area contributed by atoms with Crippen LogP contribution >= 0.6 is 11.3 Å². The Hall–Kier alpha value is -2.94. The van der Waals surface area contributed by atoms with Crippen LogP contribution < -0.4 is 10.9 Å². The Kier molecular flexibility index (Phi) is 3.24. The number of hydrogen-bond donors (Lipinski definition) is 2. The number of aromatic nitrogens is 5. The molecule has 2 N–H and O–H groups in total. The molecule has 24 heavy (non-hydrogen) atoms. The number of nitrogens with one attached hydrogen (secondary N) is 2. The van der Waals surface area contributed by atoms with Crippen molar-refractivity contribution in [3.8, 4) is 5.69 Å². The zero-order chi connectivity index (χ0) is 16.8. The number of H-pyrrole nitrogens is 1. The Labute approximate surface area is 139 Å². The number of thiophene rings is 1. The molecule has 0 unspecified atom stereocenters. The minimum atomic E-state index is -0.355. The molecule has 0 radical (unpaired) electrons. The number of aromatic amines is 1. The fourth-order valence-electron chi connectivity index (χ4n) is 2.57. The molecule has 4 aromatic rings. The van der Waals surface area contributed by atoms with Crippen LogP contribution in [0.2, 0.25) is 0 Å². The summed E-state index contributed by atoms with van der Waals surface area (Å²) >= 11 is 1.51. The van der Waals surface area contributed by atoms with Crippen molar-refractivity contribution in [3.05, 3.63) is 39.6 Å². The summed E-state index contributed by atoms with van der Waals surface area (Å²) < 4.78 is 2.67. The van der Waals surface area contributed by atoms with Gasteiger partial charge in [0, 0.05) is 17.6 Å². The maximum atomic E-state index is 12.5. The van der Waals surface area contributed by atoms with Gasteiger partial charge in [-0.15, -0.1) is 0 Å². The maximum absolute atomic E-state index is 12.5. The van der Waals surface area contributed by atoms with Crippen molar-refractivity contribution in [2.24, 2.45) is 0 Å². The summed E-state index contributed by atoms with van der Waals surface area (Å²) in [6, 6.07) is 1.48. The summed E-state index contributed by atoms with van der Waals surface area (Å²) in [6.07, 6.45) is 3.01. The van der Waals surface area contributed by atoms with Gasteiger partial charge in [-0.25, -0.2) is 14.5 Å². The van der Waals surface area contributed by atoms with E-state index in [1.54, 1.807) is 6.20 Å². The number of carbonyl (C=O) groups is 1. The molecular formula is C15H14N6O2S. The number of nitrogens with zero attached hydrogens (tertiary/aromatic N) is 4. The van der Waals surface area contributed by atoms with Crippen molar-refractivity contribution in [3.63, 3.8) is 0 Å². The third-order valence-electron chi connectivity index (χ3n) is 3.62. The average Bonchev–Trinajstić information content (AvgIpc) is 3.23. The van der Waals surface area contributed by atoms with Crippen molar-refractivity contribution < 1.29 is 4.79 Å². The van der Waals surface area contributed by atoms with E-state index in [1.807, 2.05) is 30.7 Å². The molecule has 4 rings (SSSR count). The molecule has 8 nitrogen and oxygen atoms in total. The number of fused-ring (bicyclic) bond motifs is 3. The minimum absolute atomic E-state index is 0.0139.